The summed E-state index contributed by atoms with van der Waals surface area (Å²) in [4.78, 5) is 13.1. The Labute approximate surface area is 212 Å². The second-order valence-corrected chi connectivity index (χ2v) is 12.7. The molecule has 6 bridgehead atoms. The number of rotatable bonds is 8. The Hall–Kier alpha value is 0.200. The topological polar surface area (TPSA) is 89.9 Å². The van der Waals surface area contributed by atoms with Crippen molar-refractivity contribution in [3.8, 4) is 0 Å². The molecule has 6 saturated carbocycles. The molecule has 1 N–H and O–H groups in total. The molecule has 0 heterocycles. The van der Waals surface area contributed by atoms with Gasteiger partial charge in [-0.3, -0.25) is 9.35 Å². The van der Waals surface area contributed by atoms with Gasteiger partial charge in [0, 0.05) is 5.41 Å². The van der Waals surface area contributed by atoms with Gasteiger partial charge < -0.3 is 10.9 Å². The van der Waals surface area contributed by atoms with Crippen molar-refractivity contribution in [2.75, 3.05) is 13.2 Å². The third-order valence-electron chi connectivity index (χ3n) is 8.98. The van der Waals surface area contributed by atoms with E-state index in [0.29, 0.717) is 29.6 Å². The van der Waals surface area contributed by atoms with Crippen LogP contribution in [0.25, 0.3) is 0 Å². The molecule has 0 spiro atoms. The zero-order chi connectivity index (χ0) is 22.0. The summed E-state index contributed by atoms with van der Waals surface area (Å²) >= 11 is 0. The smallest absolute Gasteiger partial charge is 1.00 e. The van der Waals surface area contributed by atoms with Crippen molar-refractivity contribution >= 4 is 16.1 Å². The van der Waals surface area contributed by atoms with Gasteiger partial charge in [0.2, 0.25) is 0 Å². The second-order valence-electron chi connectivity index (χ2n) is 11.1. The first-order chi connectivity index (χ1) is 14.5. The maximum absolute atomic E-state index is 13.7. The summed E-state index contributed by atoms with van der Waals surface area (Å²) in [5.74, 6) is 2.33. The molecule has 32 heavy (non-hydrogen) atoms. The summed E-state index contributed by atoms with van der Waals surface area (Å²) in [5, 5.41) is -4.38. The molecule has 0 aliphatic heterocycles. The van der Waals surface area contributed by atoms with Gasteiger partial charge in [-0.15, -0.1) is 0 Å². The van der Waals surface area contributed by atoms with E-state index < -0.39 is 28.1 Å². The molecule has 4 atom stereocenters. The molecular formula is C22H33F2NaO6S. The van der Waals surface area contributed by atoms with Crippen molar-refractivity contribution < 1.29 is 67.0 Å². The molecule has 6 nitrogen and oxygen atoms in total. The fraction of sp³-hybridized carbons (Fsp3) is 0.955. The van der Waals surface area contributed by atoms with Crippen LogP contribution in [-0.2, 0) is 24.4 Å². The van der Waals surface area contributed by atoms with Gasteiger partial charge in [-0.25, -0.2) is 0 Å². The number of fused-ring (bicyclic) bond motifs is 2. The fourth-order valence-corrected chi connectivity index (χ4v) is 8.26. The summed E-state index contributed by atoms with van der Waals surface area (Å²) in [7, 11) is -5.55. The minimum absolute atomic E-state index is 0. The monoisotopic (exact) mass is 486 g/mol. The van der Waals surface area contributed by atoms with Crippen LogP contribution >= 0.6 is 0 Å². The summed E-state index contributed by atoms with van der Waals surface area (Å²) in [6.45, 7) is -1.70. The summed E-state index contributed by atoms with van der Waals surface area (Å²) in [5.41, 5.74) is -0.268. The molecule has 0 aromatic heterocycles. The predicted molar refractivity (Wildman–Crippen MR) is 108 cm³/mol. The number of halogens is 2. The van der Waals surface area contributed by atoms with Gasteiger partial charge in [0.15, 0.2) is 0 Å². The first kappa shape index (κ1) is 25.3. The zero-order valence-electron chi connectivity index (χ0n) is 19.7. The summed E-state index contributed by atoms with van der Waals surface area (Å²) in [6.07, 6.45) is 9.77. The number of hydrogen-bond donors (Lipinski definition) is 1. The van der Waals surface area contributed by atoms with Crippen LogP contribution in [0.2, 0.25) is 0 Å². The average Bonchev–Trinajstić information content (AvgIpc) is 3.28. The number of carbonyl (C=O) groups excluding carboxylic acids is 1. The minimum atomic E-state index is -5.55. The Morgan fingerprint density at radius 3 is 2.09 bits per heavy atom. The molecular weight excluding hydrogens is 453 g/mol. The largest absolute Gasteiger partial charge is 1.00 e. The van der Waals surface area contributed by atoms with Crippen molar-refractivity contribution in [2.45, 2.75) is 75.6 Å². The van der Waals surface area contributed by atoms with Gasteiger partial charge in [0.25, 0.3) is 0 Å². The molecule has 0 aromatic carbocycles. The van der Waals surface area contributed by atoms with E-state index in [9.17, 15) is 22.0 Å². The fourth-order valence-electron chi connectivity index (χ4n) is 8.03. The van der Waals surface area contributed by atoms with Gasteiger partial charge in [-0.1, -0.05) is 6.42 Å². The number of carbonyl (C=O) groups is 1. The minimum Gasteiger partial charge on any atom is -1.00 e. The van der Waals surface area contributed by atoms with Gasteiger partial charge in [-0.2, -0.15) is 17.2 Å². The first-order valence-electron chi connectivity index (χ1n) is 11.7. The molecule has 178 valence electrons. The Bertz CT molecular complexity index is 805. The second kappa shape index (κ2) is 9.01. The van der Waals surface area contributed by atoms with Crippen molar-refractivity contribution in [3.05, 3.63) is 0 Å². The number of alkyl halides is 2. The van der Waals surface area contributed by atoms with E-state index in [1.165, 1.54) is 25.7 Å². The summed E-state index contributed by atoms with van der Waals surface area (Å²) < 4.78 is 69.1. The van der Waals surface area contributed by atoms with E-state index >= 15 is 0 Å². The van der Waals surface area contributed by atoms with Crippen molar-refractivity contribution in [1.82, 2.24) is 0 Å². The van der Waals surface area contributed by atoms with Crippen molar-refractivity contribution in [2.24, 2.45) is 40.9 Å². The quantitative estimate of drug-likeness (QED) is 0.315. The van der Waals surface area contributed by atoms with E-state index in [-0.39, 0.29) is 54.9 Å². The number of esters is 1. The molecule has 6 aliphatic carbocycles. The standard InChI is InChI=1S/C22H32F2O6S.Na.H/c23-22(24,31(26,27)28)12-29-11-19(30-20(25)18-7-13-1-2-17(18)6-13)21-8-14-3-15(9-21)5-16(4-14)10-21;;/h13-19H,1-12H2,(H,26,27,28);;/q;+1;-1. The third kappa shape index (κ3) is 4.68. The molecule has 6 aliphatic rings. The normalized spacial score (nSPS) is 40.8. The van der Waals surface area contributed by atoms with Crippen LogP contribution in [0.1, 0.15) is 65.6 Å². The van der Waals surface area contributed by atoms with E-state index in [0.717, 1.165) is 38.5 Å². The number of hydrogen-bond acceptors (Lipinski definition) is 5. The Morgan fingerprint density at radius 1 is 1.03 bits per heavy atom. The van der Waals surface area contributed by atoms with E-state index in [2.05, 4.69) is 0 Å². The van der Waals surface area contributed by atoms with Crippen LogP contribution in [-0.4, -0.2) is 43.5 Å². The van der Waals surface area contributed by atoms with Gasteiger partial charge in [-0.05, 0) is 87.4 Å². The Balaban J connectivity index is 0.00000153. The average molecular weight is 487 g/mol. The van der Waals surface area contributed by atoms with Crippen LogP contribution < -0.4 is 29.6 Å². The van der Waals surface area contributed by atoms with Crippen molar-refractivity contribution in [1.29, 1.82) is 0 Å². The van der Waals surface area contributed by atoms with Crippen LogP contribution in [0.5, 0.6) is 0 Å². The predicted octanol–water partition coefficient (Wildman–Crippen LogP) is 1.16. The molecule has 4 unspecified atom stereocenters. The molecule has 0 aromatic rings. The molecule has 0 amide bonds. The van der Waals surface area contributed by atoms with Gasteiger partial charge in [0.05, 0.1) is 12.5 Å². The van der Waals surface area contributed by atoms with Crippen LogP contribution in [0.15, 0.2) is 0 Å². The van der Waals surface area contributed by atoms with E-state index in [4.69, 9.17) is 14.0 Å². The zero-order valence-corrected chi connectivity index (χ0v) is 21.5. The van der Waals surface area contributed by atoms with Crippen LogP contribution in [0.3, 0.4) is 0 Å². The van der Waals surface area contributed by atoms with Gasteiger partial charge >= 0.3 is 50.9 Å². The molecule has 0 radical (unpaired) electrons. The van der Waals surface area contributed by atoms with Crippen LogP contribution in [0.4, 0.5) is 8.78 Å². The van der Waals surface area contributed by atoms with E-state index in [1.54, 1.807) is 0 Å². The number of ether oxygens (including phenoxy) is 2. The first-order valence-corrected chi connectivity index (χ1v) is 13.1. The SMILES string of the molecule is O=C(OC(COCC(F)(F)S(=O)(=O)O)C12CC3CC(CC(C3)C1)C2)C1CC2CCC1C2.[H-].[Na+]. The van der Waals surface area contributed by atoms with E-state index in [1.807, 2.05) is 0 Å². The Morgan fingerprint density at radius 2 is 1.62 bits per heavy atom. The summed E-state index contributed by atoms with van der Waals surface area (Å²) in [6, 6.07) is 0. The van der Waals surface area contributed by atoms with Gasteiger partial charge in [0.1, 0.15) is 12.7 Å². The Kier molecular flexibility index (Phi) is 7.12. The third-order valence-corrected chi connectivity index (χ3v) is 9.86. The van der Waals surface area contributed by atoms with Crippen molar-refractivity contribution in [3.63, 3.8) is 0 Å². The van der Waals surface area contributed by atoms with Crippen LogP contribution in [0, 0.1) is 40.9 Å². The molecule has 10 heteroatoms. The molecule has 6 rings (SSSR count). The maximum atomic E-state index is 13.7. The molecule has 6 fully saturated rings. The maximum Gasteiger partial charge on any atom is 1.00 e. The molecule has 0 saturated heterocycles.